The van der Waals surface area contributed by atoms with Gasteiger partial charge in [0.15, 0.2) is 0 Å². The van der Waals surface area contributed by atoms with Gasteiger partial charge < -0.3 is 19.5 Å². The molecule has 170 valence electrons. The number of aromatic amines is 1. The molecule has 4 rings (SSSR count). The van der Waals surface area contributed by atoms with E-state index in [1.54, 1.807) is 35.4 Å². The molecule has 1 amide bonds. The van der Waals surface area contributed by atoms with Gasteiger partial charge in [-0.15, -0.1) is 0 Å². The maximum Gasteiger partial charge on any atom is 0.410 e. The number of ether oxygens (including phenoxy) is 1. The van der Waals surface area contributed by atoms with Gasteiger partial charge in [0, 0.05) is 53.4 Å². The quantitative estimate of drug-likeness (QED) is 0.536. The molecule has 2 heterocycles. The molecule has 0 saturated carbocycles. The molecule has 0 aliphatic carbocycles. The molecule has 32 heavy (non-hydrogen) atoms. The number of nitrogens with zero attached hydrogens (tertiary/aromatic N) is 2. The molecule has 0 bridgehead atoms. The van der Waals surface area contributed by atoms with Crippen LogP contribution in [-0.4, -0.2) is 56.2 Å². The number of nitrogens with one attached hydrogen (secondary N) is 1. The molecule has 1 aliphatic rings. The summed E-state index contributed by atoms with van der Waals surface area (Å²) in [4.78, 5) is 19.6. The average molecular weight is 520 g/mol. The van der Waals surface area contributed by atoms with E-state index >= 15 is 0 Å². The SMILES string of the molecule is CC(C)(C)OC(=O)N1CCN(c2cccc(S(=O)(=O)c3c[nH]c4ccc(Br)cc34)c2)CC1. The Kier molecular flexibility index (Phi) is 5.98. The van der Waals surface area contributed by atoms with Gasteiger partial charge in [-0.25, -0.2) is 13.2 Å². The highest BCUT2D eigenvalue weighted by molar-refractivity contribution is 9.10. The number of carbonyl (C=O) groups excluding carboxylic acids is 1. The van der Waals surface area contributed by atoms with Crippen molar-refractivity contribution in [1.29, 1.82) is 0 Å². The van der Waals surface area contributed by atoms with Gasteiger partial charge in [0.05, 0.1) is 9.79 Å². The van der Waals surface area contributed by atoms with Crippen molar-refractivity contribution in [3.8, 4) is 0 Å². The van der Waals surface area contributed by atoms with Crippen LogP contribution in [0.5, 0.6) is 0 Å². The topological polar surface area (TPSA) is 82.7 Å². The highest BCUT2D eigenvalue weighted by Crippen LogP contribution is 2.32. The number of carbonyl (C=O) groups is 1. The first kappa shape index (κ1) is 22.7. The fourth-order valence-corrected chi connectivity index (χ4v) is 5.56. The summed E-state index contributed by atoms with van der Waals surface area (Å²) in [7, 11) is -3.71. The van der Waals surface area contributed by atoms with Crippen molar-refractivity contribution in [1.82, 2.24) is 9.88 Å². The first-order chi connectivity index (χ1) is 15.0. The molecular weight excluding hydrogens is 494 g/mol. The predicted molar refractivity (Wildman–Crippen MR) is 128 cm³/mol. The highest BCUT2D eigenvalue weighted by Gasteiger charge is 2.27. The molecule has 1 aliphatic heterocycles. The van der Waals surface area contributed by atoms with Crippen LogP contribution in [0.3, 0.4) is 0 Å². The zero-order chi connectivity index (χ0) is 23.1. The summed E-state index contributed by atoms with van der Waals surface area (Å²) >= 11 is 3.42. The first-order valence-electron chi connectivity index (χ1n) is 10.4. The second-order valence-electron chi connectivity index (χ2n) is 8.80. The van der Waals surface area contributed by atoms with Crippen molar-refractivity contribution in [3.63, 3.8) is 0 Å². The lowest BCUT2D eigenvalue weighted by Crippen LogP contribution is -2.50. The van der Waals surface area contributed by atoms with Crippen LogP contribution in [0.25, 0.3) is 10.9 Å². The van der Waals surface area contributed by atoms with Gasteiger partial charge in [-0.3, -0.25) is 0 Å². The number of anilines is 1. The second-order valence-corrected chi connectivity index (χ2v) is 11.6. The van der Waals surface area contributed by atoms with Gasteiger partial charge in [0.25, 0.3) is 0 Å². The lowest BCUT2D eigenvalue weighted by molar-refractivity contribution is 0.0240. The third kappa shape index (κ3) is 4.63. The van der Waals surface area contributed by atoms with E-state index in [9.17, 15) is 13.2 Å². The molecule has 3 aromatic rings. The lowest BCUT2D eigenvalue weighted by Gasteiger charge is -2.36. The third-order valence-corrected chi connectivity index (χ3v) is 7.60. The van der Waals surface area contributed by atoms with Crippen molar-refractivity contribution >= 4 is 48.5 Å². The molecule has 2 aromatic carbocycles. The molecule has 1 aromatic heterocycles. The van der Waals surface area contributed by atoms with E-state index in [4.69, 9.17) is 4.74 Å². The zero-order valence-corrected chi connectivity index (χ0v) is 20.7. The Morgan fingerprint density at radius 3 is 2.47 bits per heavy atom. The number of amides is 1. The zero-order valence-electron chi connectivity index (χ0n) is 18.3. The van der Waals surface area contributed by atoms with Crippen LogP contribution >= 0.6 is 15.9 Å². The Morgan fingerprint density at radius 2 is 1.78 bits per heavy atom. The van der Waals surface area contributed by atoms with Crippen LogP contribution in [0.15, 0.2) is 62.9 Å². The molecule has 1 N–H and O–H groups in total. The Bertz CT molecular complexity index is 1260. The fraction of sp³-hybridized carbons (Fsp3) is 0.348. The Balaban J connectivity index is 1.54. The number of H-pyrrole nitrogens is 1. The summed E-state index contributed by atoms with van der Waals surface area (Å²) in [5, 5.41) is 0.649. The largest absolute Gasteiger partial charge is 0.444 e. The summed E-state index contributed by atoms with van der Waals surface area (Å²) in [5.41, 5.74) is 1.05. The molecular formula is C23H26BrN3O4S. The number of fused-ring (bicyclic) bond motifs is 1. The molecule has 9 heteroatoms. The van der Waals surface area contributed by atoms with Crippen LogP contribution in [0.2, 0.25) is 0 Å². The maximum atomic E-state index is 13.4. The average Bonchev–Trinajstić information content (AvgIpc) is 3.16. The maximum absolute atomic E-state index is 13.4. The van der Waals surface area contributed by atoms with E-state index in [2.05, 4.69) is 25.8 Å². The van der Waals surface area contributed by atoms with E-state index in [1.165, 1.54) is 0 Å². The van der Waals surface area contributed by atoms with Crippen LogP contribution in [0.1, 0.15) is 20.8 Å². The summed E-state index contributed by atoms with van der Waals surface area (Å²) in [6, 6.07) is 12.5. The molecule has 1 saturated heterocycles. The summed E-state index contributed by atoms with van der Waals surface area (Å²) in [6.45, 7) is 7.77. The minimum absolute atomic E-state index is 0.241. The Hall–Kier alpha value is -2.52. The number of hydrogen-bond donors (Lipinski definition) is 1. The number of sulfone groups is 1. The van der Waals surface area contributed by atoms with Crippen LogP contribution < -0.4 is 4.90 Å². The van der Waals surface area contributed by atoms with E-state index in [-0.39, 0.29) is 15.9 Å². The summed E-state index contributed by atoms with van der Waals surface area (Å²) in [6.07, 6.45) is 1.22. The van der Waals surface area contributed by atoms with Crippen LogP contribution in [0.4, 0.5) is 10.5 Å². The third-order valence-electron chi connectivity index (χ3n) is 5.32. The number of piperazine rings is 1. The van der Waals surface area contributed by atoms with E-state index in [1.807, 2.05) is 39.0 Å². The van der Waals surface area contributed by atoms with E-state index in [0.717, 1.165) is 15.7 Å². The van der Waals surface area contributed by atoms with E-state index in [0.29, 0.717) is 31.6 Å². The molecule has 7 nitrogen and oxygen atoms in total. The number of rotatable bonds is 3. The van der Waals surface area contributed by atoms with Gasteiger partial charge in [-0.2, -0.15) is 0 Å². The molecule has 1 fully saturated rings. The van der Waals surface area contributed by atoms with Gasteiger partial charge in [0.2, 0.25) is 9.84 Å². The summed E-state index contributed by atoms with van der Waals surface area (Å²) in [5.74, 6) is 0. The molecule has 0 spiro atoms. The molecule has 0 atom stereocenters. The second kappa shape index (κ2) is 8.44. The van der Waals surface area contributed by atoms with Gasteiger partial charge in [-0.05, 0) is 57.2 Å². The predicted octanol–water partition coefficient (Wildman–Crippen LogP) is 4.82. The van der Waals surface area contributed by atoms with Crippen molar-refractivity contribution in [2.24, 2.45) is 0 Å². The monoisotopic (exact) mass is 519 g/mol. The smallest absolute Gasteiger partial charge is 0.410 e. The number of halogens is 1. The van der Waals surface area contributed by atoms with Crippen LogP contribution in [-0.2, 0) is 14.6 Å². The Labute approximate surface area is 196 Å². The van der Waals surface area contributed by atoms with Gasteiger partial charge >= 0.3 is 6.09 Å². The van der Waals surface area contributed by atoms with E-state index < -0.39 is 15.4 Å². The lowest BCUT2D eigenvalue weighted by atomic mass is 10.2. The van der Waals surface area contributed by atoms with Gasteiger partial charge in [-0.1, -0.05) is 22.0 Å². The minimum Gasteiger partial charge on any atom is -0.444 e. The van der Waals surface area contributed by atoms with Crippen molar-refractivity contribution < 1.29 is 17.9 Å². The Morgan fingerprint density at radius 1 is 1.06 bits per heavy atom. The van der Waals surface area contributed by atoms with Crippen LogP contribution in [0, 0.1) is 0 Å². The molecule has 0 unspecified atom stereocenters. The number of hydrogen-bond acceptors (Lipinski definition) is 5. The summed E-state index contributed by atoms with van der Waals surface area (Å²) < 4.78 is 33.1. The van der Waals surface area contributed by atoms with Crippen molar-refractivity contribution in [3.05, 3.63) is 53.1 Å². The number of benzene rings is 2. The fourth-order valence-electron chi connectivity index (χ4n) is 3.74. The van der Waals surface area contributed by atoms with Crippen molar-refractivity contribution in [2.45, 2.75) is 36.2 Å². The first-order valence-corrected chi connectivity index (χ1v) is 12.7. The normalized spacial score (nSPS) is 15.2. The standard InChI is InChI=1S/C23H26BrN3O4S/c1-23(2,3)31-22(28)27-11-9-26(10-12-27)17-5-4-6-18(14-17)32(29,30)21-15-25-20-8-7-16(24)13-19(20)21/h4-8,13-15,25H,9-12H2,1-3H3. The van der Waals surface area contributed by atoms with Gasteiger partial charge in [0.1, 0.15) is 5.60 Å². The highest BCUT2D eigenvalue weighted by atomic mass is 79.9. The minimum atomic E-state index is -3.71. The number of aromatic nitrogens is 1. The van der Waals surface area contributed by atoms with Crippen molar-refractivity contribution in [2.75, 3.05) is 31.1 Å². The molecule has 0 radical (unpaired) electrons.